The number of alkyl halides is 6. The van der Waals surface area contributed by atoms with Crippen molar-refractivity contribution in [2.45, 2.75) is 19.3 Å². The van der Waals surface area contributed by atoms with Crippen LogP contribution in [0.15, 0.2) is 66.7 Å². The van der Waals surface area contributed by atoms with Gasteiger partial charge in [-0.15, -0.1) is 0 Å². The quantitative estimate of drug-likeness (QED) is 0.441. The molecule has 0 aromatic heterocycles. The van der Waals surface area contributed by atoms with Gasteiger partial charge in [-0.3, -0.25) is 4.79 Å². The summed E-state index contributed by atoms with van der Waals surface area (Å²) in [5.74, 6) is -0.526. The van der Waals surface area contributed by atoms with Crippen LogP contribution >= 0.6 is 0 Å². The highest BCUT2D eigenvalue weighted by molar-refractivity contribution is 6.05. The molecule has 162 valence electrons. The Morgan fingerprint density at radius 3 is 2.00 bits per heavy atom. The molecule has 3 rings (SSSR count). The molecular formula is C22H15F6NO2. The number of rotatable bonds is 4. The van der Waals surface area contributed by atoms with Crippen molar-refractivity contribution >= 4 is 11.6 Å². The van der Waals surface area contributed by atoms with Crippen LogP contribution in [0.4, 0.5) is 32.0 Å². The summed E-state index contributed by atoms with van der Waals surface area (Å²) in [6.07, 6.45) is -10.1. The van der Waals surface area contributed by atoms with Crippen LogP contribution < -0.4 is 10.1 Å². The predicted octanol–water partition coefficient (Wildman–Crippen LogP) is 7.08. The average molecular weight is 439 g/mol. The highest BCUT2D eigenvalue weighted by Crippen LogP contribution is 2.37. The van der Waals surface area contributed by atoms with Crippen LogP contribution in [0.2, 0.25) is 0 Å². The minimum atomic E-state index is -5.05. The molecule has 1 N–H and O–H groups in total. The number of carbonyl (C=O) groups is 1. The molecule has 0 fully saturated rings. The van der Waals surface area contributed by atoms with E-state index in [1.807, 2.05) is 13.0 Å². The topological polar surface area (TPSA) is 38.3 Å². The van der Waals surface area contributed by atoms with Gasteiger partial charge in [0.2, 0.25) is 0 Å². The number of hydrogen-bond acceptors (Lipinski definition) is 2. The van der Waals surface area contributed by atoms with Gasteiger partial charge in [-0.05, 0) is 55.0 Å². The van der Waals surface area contributed by atoms with E-state index in [9.17, 15) is 31.1 Å². The lowest BCUT2D eigenvalue weighted by molar-refractivity contribution is -0.143. The van der Waals surface area contributed by atoms with Gasteiger partial charge < -0.3 is 10.1 Å². The highest BCUT2D eigenvalue weighted by atomic mass is 19.4. The number of amides is 1. The largest absolute Gasteiger partial charge is 0.455 e. The maximum absolute atomic E-state index is 13.0. The molecule has 3 nitrogen and oxygen atoms in total. The molecule has 3 aromatic rings. The lowest BCUT2D eigenvalue weighted by Gasteiger charge is -2.15. The lowest BCUT2D eigenvalue weighted by atomic mass is 10.0. The van der Waals surface area contributed by atoms with Gasteiger partial charge in [0, 0.05) is 5.56 Å². The third-order valence-corrected chi connectivity index (χ3v) is 4.20. The van der Waals surface area contributed by atoms with Crippen molar-refractivity contribution < 1.29 is 35.9 Å². The van der Waals surface area contributed by atoms with Crippen LogP contribution in [-0.4, -0.2) is 5.91 Å². The van der Waals surface area contributed by atoms with Crippen molar-refractivity contribution in [1.82, 2.24) is 0 Å². The maximum atomic E-state index is 13.0. The molecular weight excluding hydrogens is 424 g/mol. The molecule has 0 aliphatic heterocycles. The number of hydrogen-bond donors (Lipinski definition) is 1. The first-order valence-electron chi connectivity index (χ1n) is 8.88. The molecule has 0 saturated carbocycles. The van der Waals surface area contributed by atoms with Gasteiger partial charge in [0.1, 0.15) is 5.75 Å². The van der Waals surface area contributed by atoms with Crippen LogP contribution in [-0.2, 0) is 12.4 Å². The molecule has 0 spiro atoms. The summed E-state index contributed by atoms with van der Waals surface area (Å²) in [7, 11) is 0. The van der Waals surface area contributed by atoms with Crippen LogP contribution in [0, 0.1) is 6.92 Å². The van der Waals surface area contributed by atoms with E-state index in [4.69, 9.17) is 4.74 Å². The van der Waals surface area contributed by atoms with E-state index in [0.717, 1.165) is 5.56 Å². The molecule has 0 bridgehead atoms. The number of nitrogens with one attached hydrogen (secondary N) is 1. The van der Waals surface area contributed by atoms with E-state index in [-0.39, 0.29) is 17.5 Å². The van der Waals surface area contributed by atoms with Crippen molar-refractivity contribution in [3.63, 3.8) is 0 Å². The Bertz CT molecular complexity index is 1070. The van der Waals surface area contributed by atoms with Gasteiger partial charge in [0.15, 0.2) is 5.75 Å². The first kappa shape index (κ1) is 22.2. The van der Waals surface area contributed by atoms with Gasteiger partial charge in [0.05, 0.1) is 16.8 Å². The Kier molecular flexibility index (Phi) is 5.97. The molecule has 31 heavy (non-hydrogen) atoms. The van der Waals surface area contributed by atoms with Gasteiger partial charge in [-0.2, -0.15) is 26.3 Å². The Labute approximate surface area is 173 Å². The first-order valence-corrected chi connectivity index (χ1v) is 8.88. The zero-order valence-corrected chi connectivity index (χ0v) is 15.9. The summed E-state index contributed by atoms with van der Waals surface area (Å²) >= 11 is 0. The van der Waals surface area contributed by atoms with E-state index in [0.29, 0.717) is 17.9 Å². The van der Waals surface area contributed by atoms with E-state index in [1.54, 1.807) is 24.3 Å². The molecule has 9 heteroatoms. The first-order chi connectivity index (χ1) is 14.4. The Hall–Kier alpha value is -3.49. The fourth-order valence-electron chi connectivity index (χ4n) is 2.75. The SMILES string of the molecule is Cc1cccc(Oc2ccccc2NC(=O)c2cc(C(F)(F)F)cc(C(F)(F)F)c2)c1. The summed E-state index contributed by atoms with van der Waals surface area (Å²) in [4.78, 5) is 12.5. The standard InChI is InChI=1S/C22H15F6NO2/c1-13-5-4-6-17(9-13)31-19-8-3-2-7-18(19)29-20(30)14-10-15(21(23,24)25)12-16(11-14)22(26,27)28/h2-12H,1H3,(H,29,30). The Morgan fingerprint density at radius 2 is 1.42 bits per heavy atom. The van der Waals surface area contributed by atoms with E-state index < -0.39 is 35.0 Å². The highest BCUT2D eigenvalue weighted by Gasteiger charge is 2.37. The van der Waals surface area contributed by atoms with Gasteiger partial charge in [0.25, 0.3) is 5.91 Å². The normalized spacial score (nSPS) is 11.8. The Balaban J connectivity index is 1.93. The number of benzene rings is 3. The number of ether oxygens (including phenoxy) is 1. The monoisotopic (exact) mass is 439 g/mol. The van der Waals surface area contributed by atoms with Gasteiger partial charge >= 0.3 is 12.4 Å². The van der Waals surface area contributed by atoms with Crippen molar-refractivity contribution in [1.29, 1.82) is 0 Å². The van der Waals surface area contributed by atoms with Gasteiger partial charge in [-0.1, -0.05) is 24.3 Å². The number of halogens is 6. The van der Waals surface area contributed by atoms with Crippen molar-refractivity contribution in [2.75, 3.05) is 5.32 Å². The minimum Gasteiger partial charge on any atom is -0.455 e. The van der Waals surface area contributed by atoms with E-state index >= 15 is 0 Å². The average Bonchev–Trinajstić information content (AvgIpc) is 2.68. The van der Waals surface area contributed by atoms with E-state index in [2.05, 4.69) is 5.32 Å². The third-order valence-electron chi connectivity index (χ3n) is 4.20. The zero-order valence-electron chi connectivity index (χ0n) is 15.9. The third kappa shape index (κ3) is 5.56. The summed E-state index contributed by atoms with van der Waals surface area (Å²) in [5.41, 5.74) is -2.94. The fourth-order valence-corrected chi connectivity index (χ4v) is 2.75. The van der Waals surface area contributed by atoms with Gasteiger partial charge in [-0.25, -0.2) is 0 Å². The van der Waals surface area contributed by atoms with Crippen molar-refractivity contribution in [3.05, 3.63) is 89.0 Å². The second-order valence-electron chi connectivity index (χ2n) is 6.66. The molecule has 0 saturated heterocycles. The number of aryl methyl sites for hydroxylation is 1. The Morgan fingerprint density at radius 1 is 0.806 bits per heavy atom. The smallest absolute Gasteiger partial charge is 0.416 e. The second-order valence-corrected chi connectivity index (χ2v) is 6.66. The van der Waals surface area contributed by atoms with Crippen LogP contribution in [0.3, 0.4) is 0 Å². The fraction of sp³-hybridized carbons (Fsp3) is 0.136. The number of carbonyl (C=O) groups excluding carboxylic acids is 1. The summed E-state index contributed by atoms with van der Waals surface area (Å²) in [5, 5.41) is 2.32. The molecule has 0 atom stereocenters. The molecule has 0 unspecified atom stereocenters. The molecule has 3 aromatic carbocycles. The van der Waals surface area contributed by atoms with Crippen molar-refractivity contribution in [2.24, 2.45) is 0 Å². The van der Waals surface area contributed by atoms with E-state index in [1.165, 1.54) is 18.2 Å². The minimum absolute atomic E-state index is 0.0361. The summed E-state index contributed by atoms with van der Waals surface area (Å²) in [6, 6.07) is 13.7. The summed E-state index contributed by atoms with van der Waals surface area (Å²) in [6.45, 7) is 1.84. The van der Waals surface area contributed by atoms with Crippen LogP contribution in [0.1, 0.15) is 27.0 Å². The zero-order chi connectivity index (χ0) is 22.8. The van der Waals surface area contributed by atoms with Crippen LogP contribution in [0.25, 0.3) is 0 Å². The van der Waals surface area contributed by atoms with Crippen LogP contribution in [0.5, 0.6) is 11.5 Å². The summed E-state index contributed by atoms with van der Waals surface area (Å²) < 4.78 is 84.0. The van der Waals surface area contributed by atoms with Crippen molar-refractivity contribution in [3.8, 4) is 11.5 Å². The predicted molar refractivity (Wildman–Crippen MR) is 102 cm³/mol. The molecule has 0 radical (unpaired) electrons. The molecule has 0 aliphatic rings. The number of anilines is 1. The second kappa shape index (κ2) is 8.33. The molecule has 0 aliphatic carbocycles. The maximum Gasteiger partial charge on any atom is 0.416 e. The molecule has 1 amide bonds. The number of para-hydroxylation sites is 2. The molecule has 0 heterocycles. The lowest BCUT2D eigenvalue weighted by Crippen LogP contribution is -2.17.